The van der Waals surface area contributed by atoms with Gasteiger partial charge in [-0.25, -0.2) is 0 Å². The average molecular weight is 299 g/mol. The Morgan fingerprint density at radius 1 is 1.32 bits per heavy atom. The lowest BCUT2D eigenvalue weighted by Crippen LogP contribution is -2.24. The van der Waals surface area contributed by atoms with E-state index in [0.29, 0.717) is 13.0 Å². The number of carbonyl (C=O) groups excluding carboxylic acids is 1. The lowest BCUT2D eigenvalue weighted by Gasteiger charge is -2.04. The molecule has 0 saturated carbocycles. The third kappa shape index (κ3) is 5.14. The van der Waals surface area contributed by atoms with Crippen molar-refractivity contribution >= 4 is 5.91 Å². The number of benzene rings is 1. The molecule has 116 valence electrons. The van der Waals surface area contributed by atoms with Gasteiger partial charge in [-0.05, 0) is 26.2 Å². The molecule has 2 aromatic rings. The van der Waals surface area contributed by atoms with Crippen LogP contribution in [0.1, 0.15) is 5.69 Å². The van der Waals surface area contributed by atoms with Gasteiger partial charge in [-0.3, -0.25) is 4.79 Å². The van der Waals surface area contributed by atoms with Crippen molar-refractivity contribution in [1.82, 2.24) is 25.2 Å². The molecule has 0 fully saturated rings. The minimum absolute atomic E-state index is 0.0858. The molecule has 1 amide bonds. The van der Waals surface area contributed by atoms with E-state index in [-0.39, 0.29) is 5.91 Å². The highest BCUT2D eigenvalue weighted by atomic mass is 16.1. The number of aromatic nitrogens is 3. The zero-order valence-corrected chi connectivity index (χ0v) is 12.9. The summed E-state index contributed by atoms with van der Waals surface area (Å²) in [6.45, 7) is 1.29. The van der Waals surface area contributed by atoms with Gasteiger partial charge in [-0.1, -0.05) is 24.3 Å². The van der Waals surface area contributed by atoms with Crippen LogP contribution in [0.5, 0.6) is 0 Å². The molecule has 0 aliphatic rings. The van der Waals surface area contributed by atoms with Crippen molar-refractivity contribution in [3.63, 3.8) is 0 Å². The van der Waals surface area contributed by atoms with E-state index in [9.17, 15) is 4.79 Å². The number of carbonyl (C=O) groups is 1. The second-order valence-electron chi connectivity index (χ2n) is 5.17. The number of nitrogens with zero attached hydrogens (tertiary/aromatic N) is 4. The van der Waals surface area contributed by atoms with Gasteiger partial charge in [0.15, 0.2) is 0 Å². The highest BCUT2D eigenvalue weighted by Gasteiger charge is 2.03. The molecule has 0 unspecified atom stereocenters. The van der Waals surface area contributed by atoms with E-state index >= 15 is 0 Å². The zero-order valence-electron chi connectivity index (χ0n) is 12.9. The summed E-state index contributed by atoms with van der Waals surface area (Å²) in [6, 6.07) is 9.73. The van der Waals surface area contributed by atoms with Gasteiger partial charge in [0.05, 0.1) is 17.6 Å². The summed E-state index contributed by atoms with van der Waals surface area (Å²) in [6.07, 6.45) is 5.77. The number of nitrogens with one attached hydrogen (secondary N) is 1. The van der Waals surface area contributed by atoms with Crippen molar-refractivity contribution < 1.29 is 4.79 Å². The Kier molecular flexibility index (Phi) is 5.85. The topological polar surface area (TPSA) is 63.1 Å². The predicted molar refractivity (Wildman–Crippen MR) is 85.8 cm³/mol. The van der Waals surface area contributed by atoms with Gasteiger partial charge in [0.2, 0.25) is 5.91 Å². The van der Waals surface area contributed by atoms with Crippen LogP contribution in [-0.2, 0) is 11.2 Å². The maximum absolute atomic E-state index is 11.6. The van der Waals surface area contributed by atoms with E-state index in [1.165, 1.54) is 0 Å². The Morgan fingerprint density at radius 3 is 2.82 bits per heavy atom. The van der Waals surface area contributed by atoms with Crippen LogP contribution < -0.4 is 5.32 Å². The third-order valence-electron chi connectivity index (χ3n) is 2.95. The summed E-state index contributed by atoms with van der Waals surface area (Å²) in [5, 5.41) is 11.5. The van der Waals surface area contributed by atoms with Crippen molar-refractivity contribution in [2.75, 3.05) is 27.2 Å². The fourth-order valence-electron chi connectivity index (χ4n) is 1.84. The van der Waals surface area contributed by atoms with E-state index in [4.69, 9.17) is 0 Å². The van der Waals surface area contributed by atoms with Crippen molar-refractivity contribution in [2.24, 2.45) is 0 Å². The van der Waals surface area contributed by atoms with Gasteiger partial charge < -0.3 is 10.2 Å². The molecule has 1 aromatic heterocycles. The van der Waals surface area contributed by atoms with E-state index in [1.807, 2.05) is 55.4 Å². The van der Waals surface area contributed by atoms with Crippen LogP contribution >= 0.6 is 0 Å². The largest absolute Gasteiger partial charge is 0.352 e. The molecule has 2 rings (SSSR count). The number of rotatable bonds is 7. The standard InChI is InChI=1S/C16H21N5O/c1-20(2)12-6-9-16(22)17-11-10-14-13-18-21(19-14)15-7-4-3-5-8-15/h3-9,13H,10-12H2,1-2H3,(H,17,22)/b9-6+. The molecule has 1 aromatic carbocycles. The first kappa shape index (κ1) is 15.9. The molecule has 0 saturated heterocycles. The molecule has 6 nitrogen and oxygen atoms in total. The lowest BCUT2D eigenvalue weighted by atomic mass is 10.3. The average Bonchev–Trinajstić information content (AvgIpc) is 2.97. The quantitative estimate of drug-likeness (QED) is 0.776. The van der Waals surface area contributed by atoms with Crippen LogP contribution in [0, 0.1) is 0 Å². The van der Waals surface area contributed by atoms with Crippen molar-refractivity contribution in [2.45, 2.75) is 6.42 Å². The Morgan fingerprint density at radius 2 is 2.09 bits per heavy atom. The van der Waals surface area contributed by atoms with Gasteiger partial charge in [0.1, 0.15) is 0 Å². The van der Waals surface area contributed by atoms with Gasteiger partial charge >= 0.3 is 0 Å². The SMILES string of the molecule is CN(C)C/C=C/C(=O)NCCc1cnn(-c2ccccc2)n1. The van der Waals surface area contributed by atoms with Gasteiger partial charge in [0, 0.05) is 25.6 Å². The Balaban J connectivity index is 1.77. The number of amides is 1. The molecule has 1 N–H and O–H groups in total. The molecular formula is C16H21N5O. The van der Waals surface area contributed by atoms with Crippen LogP contribution in [0.25, 0.3) is 5.69 Å². The first-order chi connectivity index (χ1) is 10.6. The monoisotopic (exact) mass is 299 g/mol. The van der Waals surface area contributed by atoms with E-state index in [0.717, 1.165) is 17.9 Å². The number of hydrogen-bond donors (Lipinski definition) is 1. The minimum Gasteiger partial charge on any atom is -0.352 e. The first-order valence-corrected chi connectivity index (χ1v) is 7.21. The summed E-state index contributed by atoms with van der Waals surface area (Å²) in [5.74, 6) is -0.0858. The van der Waals surface area contributed by atoms with Crippen molar-refractivity contribution in [3.8, 4) is 5.69 Å². The van der Waals surface area contributed by atoms with Crippen LogP contribution in [0.2, 0.25) is 0 Å². The molecule has 0 radical (unpaired) electrons. The third-order valence-corrected chi connectivity index (χ3v) is 2.95. The van der Waals surface area contributed by atoms with E-state index in [2.05, 4.69) is 15.5 Å². The number of para-hydroxylation sites is 1. The summed E-state index contributed by atoms with van der Waals surface area (Å²) in [5.41, 5.74) is 1.77. The number of likely N-dealkylation sites (N-methyl/N-ethyl adjacent to an activating group) is 1. The van der Waals surface area contributed by atoms with Crippen LogP contribution in [0.4, 0.5) is 0 Å². The molecule has 6 heteroatoms. The van der Waals surface area contributed by atoms with Crippen LogP contribution in [0.3, 0.4) is 0 Å². The lowest BCUT2D eigenvalue weighted by molar-refractivity contribution is -0.116. The Hall–Kier alpha value is -2.47. The summed E-state index contributed by atoms with van der Waals surface area (Å²) in [7, 11) is 3.91. The fraction of sp³-hybridized carbons (Fsp3) is 0.312. The van der Waals surface area contributed by atoms with Crippen LogP contribution in [0.15, 0.2) is 48.7 Å². The van der Waals surface area contributed by atoms with Crippen LogP contribution in [-0.4, -0.2) is 53.0 Å². The molecule has 0 spiro atoms. The smallest absolute Gasteiger partial charge is 0.243 e. The minimum atomic E-state index is -0.0858. The van der Waals surface area contributed by atoms with E-state index < -0.39 is 0 Å². The summed E-state index contributed by atoms with van der Waals surface area (Å²) >= 11 is 0. The molecule has 0 aliphatic heterocycles. The van der Waals surface area contributed by atoms with Gasteiger partial charge in [-0.2, -0.15) is 15.0 Å². The molecular weight excluding hydrogens is 278 g/mol. The molecule has 1 heterocycles. The summed E-state index contributed by atoms with van der Waals surface area (Å²) in [4.78, 5) is 15.2. The van der Waals surface area contributed by atoms with E-state index in [1.54, 1.807) is 17.1 Å². The summed E-state index contributed by atoms with van der Waals surface area (Å²) < 4.78 is 0. The molecule has 0 aliphatic carbocycles. The predicted octanol–water partition coefficient (Wildman–Crippen LogP) is 1.04. The fourth-order valence-corrected chi connectivity index (χ4v) is 1.84. The van der Waals surface area contributed by atoms with Gasteiger partial charge in [-0.15, -0.1) is 0 Å². The zero-order chi connectivity index (χ0) is 15.8. The normalized spacial score (nSPS) is 11.2. The van der Waals surface area contributed by atoms with Gasteiger partial charge in [0.25, 0.3) is 0 Å². The molecule has 0 bridgehead atoms. The Bertz CT molecular complexity index is 618. The second kappa shape index (κ2) is 8.09. The van der Waals surface area contributed by atoms with Crippen molar-refractivity contribution in [1.29, 1.82) is 0 Å². The molecule has 0 atom stereocenters. The maximum atomic E-state index is 11.6. The maximum Gasteiger partial charge on any atom is 0.243 e. The van der Waals surface area contributed by atoms with Crippen molar-refractivity contribution in [3.05, 3.63) is 54.4 Å². The second-order valence-corrected chi connectivity index (χ2v) is 5.17. The molecule has 22 heavy (non-hydrogen) atoms. The Labute approximate surface area is 130 Å². The first-order valence-electron chi connectivity index (χ1n) is 7.21. The highest BCUT2D eigenvalue weighted by Crippen LogP contribution is 2.04. The number of hydrogen-bond acceptors (Lipinski definition) is 4. The highest BCUT2D eigenvalue weighted by molar-refractivity contribution is 5.87.